The summed E-state index contributed by atoms with van der Waals surface area (Å²) >= 11 is 3.49. The third-order valence-corrected chi connectivity index (χ3v) is 3.66. The van der Waals surface area contributed by atoms with Crippen LogP contribution in [0.1, 0.15) is 31.4 Å². The van der Waals surface area contributed by atoms with Gasteiger partial charge < -0.3 is 9.47 Å². The van der Waals surface area contributed by atoms with Gasteiger partial charge in [0.15, 0.2) is 0 Å². The van der Waals surface area contributed by atoms with E-state index < -0.39 is 0 Å². The Bertz CT molecular complexity index is 569. The molecule has 1 heterocycles. The first-order chi connectivity index (χ1) is 10.3. The maximum atomic E-state index is 5.93. The van der Waals surface area contributed by atoms with Gasteiger partial charge in [-0.15, -0.1) is 0 Å². The normalized spacial score (nSPS) is 10.6. The van der Waals surface area contributed by atoms with Crippen LogP contribution in [0.5, 0.6) is 11.5 Å². The van der Waals surface area contributed by atoms with Crippen LogP contribution in [0.3, 0.4) is 0 Å². The summed E-state index contributed by atoms with van der Waals surface area (Å²) < 4.78 is 13.5. The predicted octanol–water partition coefficient (Wildman–Crippen LogP) is 4.17. The number of alkyl halides is 1. The summed E-state index contributed by atoms with van der Waals surface area (Å²) in [6.07, 6.45) is 4.84. The van der Waals surface area contributed by atoms with Crippen molar-refractivity contribution in [2.45, 2.75) is 38.8 Å². The van der Waals surface area contributed by atoms with Gasteiger partial charge in [-0.3, -0.25) is 4.68 Å². The minimum atomic E-state index is 0.511. The topological polar surface area (TPSA) is 36.3 Å². The van der Waals surface area contributed by atoms with Crippen LogP contribution in [-0.2, 0) is 18.5 Å². The van der Waals surface area contributed by atoms with Crippen molar-refractivity contribution < 1.29 is 9.47 Å². The summed E-state index contributed by atoms with van der Waals surface area (Å²) in [5, 5.41) is 5.00. The first-order valence-corrected chi connectivity index (χ1v) is 8.34. The standard InChI is InChI=1S/C16H21BrN2O2/c1-3-7-20-15-6-5-14(9-17)16(8-15)21-12-13-10-18-19(4-2)11-13/h5-6,8,10-11H,3-4,7,9,12H2,1-2H3. The quantitative estimate of drug-likeness (QED) is 0.669. The van der Waals surface area contributed by atoms with E-state index in [1.54, 1.807) is 0 Å². The second-order valence-electron chi connectivity index (χ2n) is 4.74. The highest BCUT2D eigenvalue weighted by Crippen LogP contribution is 2.27. The van der Waals surface area contributed by atoms with Crippen molar-refractivity contribution in [3.05, 3.63) is 41.7 Å². The molecule has 0 unspecified atom stereocenters. The van der Waals surface area contributed by atoms with Gasteiger partial charge in [0.1, 0.15) is 18.1 Å². The Kier molecular flexibility index (Phi) is 6.11. The van der Waals surface area contributed by atoms with Gasteiger partial charge in [-0.05, 0) is 19.4 Å². The van der Waals surface area contributed by atoms with Gasteiger partial charge in [-0.25, -0.2) is 0 Å². The molecule has 0 radical (unpaired) electrons. The number of rotatable bonds is 8. The highest BCUT2D eigenvalue weighted by atomic mass is 79.9. The Labute approximate surface area is 134 Å². The average Bonchev–Trinajstić information content (AvgIpc) is 2.99. The van der Waals surface area contributed by atoms with Crippen LogP contribution in [0.25, 0.3) is 0 Å². The average molecular weight is 353 g/mol. The number of halogens is 1. The molecule has 0 atom stereocenters. The first-order valence-electron chi connectivity index (χ1n) is 7.22. The fourth-order valence-electron chi connectivity index (χ4n) is 1.90. The lowest BCUT2D eigenvalue weighted by Gasteiger charge is -2.12. The van der Waals surface area contributed by atoms with Crippen molar-refractivity contribution in [2.75, 3.05) is 6.61 Å². The lowest BCUT2D eigenvalue weighted by molar-refractivity contribution is 0.293. The van der Waals surface area contributed by atoms with Gasteiger partial charge in [0.2, 0.25) is 0 Å². The van der Waals surface area contributed by atoms with E-state index in [-0.39, 0.29) is 0 Å². The molecule has 0 N–H and O–H groups in total. The molecule has 1 aromatic carbocycles. The molecule has 0 amide bonds. The Hall–Kier alpha value is -1.49. The molecule has 114 valence electrons. The summed E-state index contributed by atoms with van der Waals surface area (Å²) in [5.74, 6) is 1.70. The van der Waals surface area contributed by atoms with E-state index in [1.165, 1.54) is 0 Å². The van der Waals surface area contributed by atoms with Crippen molar-refractivity contribution in [2.24, 2.45) is 0 Å². The molecule has 0 fully saturated rings. The Morgan fingerprint density at radius 1 is 1.24 bits per heavy atom. The van der Waals surface area contributed by atoms with E-state index in [4.69, 9.17) is 9.47 Å². The lowest BCUT2D eigenvalue weighted by Crippen LogP contribution is -2.00. The summed E-state index contributed by atoms with van der Waals surface area (Å²) in [6, 6.07) is 5.97. The van der Waals surface area contributed by atoms with E-state index in [0.717, 1.165) is 47.5 Å². The molecular formula is C16H21BrN2O2. The lowest BCUT2D eigenvalue weighted by atomic mass is 10.2. The molecule has 1 aromatic heterocycles. The third-order valence-electron chi connectivity index (χ3n) is 3.06. The monoisotopic (exact) mass is 352 g/mol. The van der Waals surface area contributed by atoms with Gasteiger partial charge in [0, 0.05) is 35.3 Å². The van der Waals surface area contributed by atoms with Crippen molar-refractivity contribution in [3.63, 3.8) is 0 Å². The summed E-state index contributed by atoms with van der Waals surface area (Å²) in [7, 11) is 0. The molecule has 0 aliphatic carbocycles. The van der Waals surface area contributed by atoms with E-state index in [9.17, 15) is 0 Å². The summed E-state index contributed by atoms with van der Waals surface area (Å²) in [5.41, 5.74) is 2.18. The Morgan fingerprint density at radius 2 is 2.10 bits per heavy atom. The maximum absolute atomic E-state index is 5.93. The molecule has 0 bridgehead atoms. The van der Waals surface area contributed by atoms with Crippen LogP contribution in [0.4, 0.5) is 0 Å². The zero-order chi connectivity index (χ0) is 15.1. The van der Waals surface area contributed by atoms with Crippen molar-refractivity contribution in [3.8, 4) is 11.5 Å². The minimum Gasteiger partial charge on any atom is -0.493 e. The van der Waals surface area contributed by atoms with E-state index in [2.05, 4.69) is 34.9 Å². The van der Waals surface area contributed by atoms with E-state index in [0.29, 0.717) is 6.61 Å². The van der Waals surface area contributed by atoms with Crippen LogP contribution in [0.2, 0.25) is 0 Å². The highest BCUT2D eigenvalue weighted by molar-refractivity contribution is 9.08. The SMILES string of the molecule is CCCOc1ccc(CBr)c(OCc2cnn(CC)c2)c1. The van der Waals surface area contributed by atoms with Gasteiger partial charge in [-0.1, -0.05) is 28.9 Å². The smallest absolute Gasteiger partial charge is 0.127 e. The fraction of sp³-hybridized carbons (Fsp3) is 0.438. The van der Waals surface area contributed by atoms with Crippen molar-refractivity contribution in [1.29, 1.82) is 0 Å². The minimum absolute atomic E-state index is 0.511. The number of benzene rings is 1. The van der Waals surface area contributed by atoms with Gasteiger partial charge >= 0.3 is 0 Å². The summed E-state index contributed by atoms with van der Waals surface area (Å²) in [6.45, 7) is 6.26. The molecule has 2 rings (SSSR count). The van der Waals surface area contributed by atoms with Gasteiger partial charge in [0.05, 0.1) is 12.8 Å². The van der Waals surface area contributed by atoms with E-state index in [1.807, 2.05) is 35.3 Å². The zero-order valence-corrected chi connectivity index (χ0v) is 14.1. The number of hydrogen-bond acceptors (Lipinski definition) is 3. The second-order valence-corrected chi connectivity index (χ2v) is 5.31. The van der Waals surface area contributed by atoms with Crippen LogP contribution in [-0.4, -0.2) is 16.4 Å². The molecule has 0 aliphatic heterocycles. The number of hydrogen-bond donors (Lipinski definition) is 0. The molecular weight excluding hydrogens is 332 g/mol. The molecule has 0 spiro atoms. The molecule has 0 saturated carbocycles. The molecule has 5 heteroatoms. The highest BCUT2D eigenvalue weighted by Gasteiger charge is 2.07. The summed E-state index contributed by atoms with van der Waals surface area (Å²) in [4.78, 5) is 0. The fourth-order valence-corrected chi connectivity index (χ4v) is 2.37. The van der Waals surface area contributed by atoms with E-state index >= 15 is 0 Å². The Morgan fingerprint density at radius 3 is 2.76 bits per heavy atom. The number of aryl methyl sites for hydroxylation is 1. The number of ether oxygens (including phenoxy) is 2. The van der Waals surface area contributed by atoms with Gasteiger partial charge in [0.25, 0.3) is 0 Å². The second kappa shape index (κ2) is 8.08. The Balaban J connectivity index is 2.05. The van der Waals surface area contributed by atoms with Crippen LogP contribution < -0.4 is 9.47 Å². The predicted molar refractivity (Wildman–Crippen MR) is 87.1 cm³/mol. The number of nitrogens with zero attached hydrogens (tertiary/aromatic N) is 2. The van der Waals surface area contributed by atoms with Crippen LogP contribution >= 0.6 is 15.9 Å². The molecule has 0 saturated heterocycles. The molecule has 0 aliphatic rings. The largest absolute Gasteiger partial charge is 0.493 e. The maximum Gasteiger partial charge on any atom is 0.127 e. The zero-order valence-electron chi connectivity index (χ0n) is 12.5. The van der Waals surface area contributed by atoms with Crippen LogP contribution in [0, 0.1) is 0 Å². The van der Waals surface area contributed by atoms with Crippen LogP contribution in [0.15, 0.2) is 30.6 Å². The first kappa shape index (κ1) is 15.9. The third kappa shape index (κ3) is 4.49. The van der Waals surface area contributed by atoms with Crippen molar-refractivity contribution >= 4 is 15.9 Å². The number of aromatic nitrogens is 2. The van der Waals surface area contributed by atoms with Gasteiger partial charge in [-0.2, -0.15) is 5.10 Å². The molecule has 2 aromatic rings. The van der Waals surface area contributed by atoms with Crippen molar-refractivity contribution in [1.82, 2.24) is 9.78 Å². The molecule has 21 heavy (non-hydrogen) atoms. The molecule has 4 nitrogen and oxygen atoms in total.